The predicted molar refractivity (Wildman–Crippen MR) is 239 cm³/mol. The Balaban J connectivity index is 1.26. The number of benzene rings is 9. The van der Waals surface area contributed by atoms with Crippen LogP contribution in [0.1, 0.15) is 25.0 Å². The first-order valence-corrected chi connectivity index (χ1v) is 19.9. The Morgan fingerprint density at radius 3 is 1.84 bits per heavy atom. The summed E-state index contributed by atoms with van der Waals surface area (Å²) >= 11 is 0. The van der Waals surface area contributed by atoms with Crippen molar-refractivity contribution in [2.75, 3.05) is 4.90 Å². The highest BCUT2D eigenvalue weighted by molar-refractivity contribution is 6.23. The van der Waals surface area contributed by atoms with E-state index in [0.717, 1.165) is 39.0 Å². The molecule has 268 valence electrons. The molecule has 0 saturated carbocycles. The van der Waals surface area contributed by atoms with Crippen molar-refractivity contribution in [2.24, 2.45) is 0 Å². The minimum absolute atomic E-state index is 0.172. The second-order valence-electron chi connectivity index (χ2n) is 16.0. The van der Waals surface area contributed by atoms with Gasteiger partial charge in [0.2, 0.25) is 0 Å². The van der Waals surface area contributed by atoms with E-state index in [-0.39, 0.29) is 5.41 Å². The van der Waals surface area contributed by atoms with Crippen molar-refractivity contribution in [3.8, 4) is 55.6 Å². The van der Waals surface area contributed by atoms with Crippen LogP contribution in [-0.2, 0) is 5.41 Å². The van der Waals surface area contributed by atoms with E-state index in [9.17, 15) is 0 Å². The molecule has 1 heterocycles. The standard InChI is InChI=1S/C55H37NO/c1-55(2)44-26-11-9-22-38(44)39-31-30-37(32-45(39)55)56(46-27-15-29-49-53(46)40-23-10-12-28-48(40)57-49)47-33-43(34-16-5-3-6-17-34)52-41-24-13-20-35-21-14-25-42(50(35)41)54(52)51(47)36-18-7-4-8-19-36/h3-33H,1-2H3. The first-order chi connectivity index (χ1) is 28.1. The third kappa shape index (κ3) is 4.53. The molecular weight excluding hydrogens is 691 g/mol. The Bertz CT molecular complexity index is 3260. The third-order valence-corrected chi connectivity index (χ3v) is 12.6. The molecule has 0 saturated heterocycles. The smallest absolute Gasteiger partial charge is 0.137 e. The van der Waals surface area contributed by atoms with Gasteiger partial charge in [-0.25, -0.2) is 0 Å². The normalized spacial score (nSPS) is 13.2. The van der Waals surface area contributed by atoms with E-state index in [1.807, 2.05) is 0 Å². The van der Waals surface area contributed by atoms with Crippen molar-refractivity contribution in [3.63, 3.8) is 0 Å². The van der Waals surface area contributed by atoms with Crippen LogP contribution in [0.5, 0.6) is 0 Å². The molecule has 10 aromatic rings. The molecule has 2 aliphatic carbocycles. The van der Waals surface area contributed by atoms with Crippen LogP contribution in [0.15, 0.2) is 192 Å². The molecule has 2 heteroatoms. The third-order valence-electron chi connectivity index (χ3n) is 12.6. The van der Waals surface area contributed by atoms with Gasteiger partial charge in [0.25, 0.3) is 0 Å². The lowest BCUT2D eigenvalue weighted by atomic mass is 9.82. The fourth-order valence-electron chi connectivity index (χ4n) is 10.1. The number of furan rings is 1. The molecular formula is C55H37NO. The lowest BCUT2D eigenvalue weighted by Crippen LogP contribution is -2.17. The van der Waals surface area contributed by atoms with E-state index in [0.29, 0.717) is 0 Å². The monoisotopic (exact) mass is 727 g/mol. The van der Waals surface area contributed by atoms with Crippen LogP contribution in [0.3, 0.4) is 0 Å². The van der Waals surface area contributed by atoms with Gasteiger partial charge in [-0.3, -0.25) is 0 Å². The van der Waals surface area contributed by atoms with Gasteiger partial charge in [0.15, 0.2) is 0 Å². The van der Waals surface area contributed by atoms with Crippen LogP contribution in [0.4, 0.5) is 17.1 Å². The summed E-state index contributed by atoms with van der Waals surface area (Å²) in [5.74, 6) is 0. The first kappa shape index (κ1) is 32.1. The molecule has 9 aromatic carbocycles. The van der Waals surface area contributed by atoms with Gasteiger partial charge in [-0.1, -0.05) is 166 Å². The molecule has 0 N–H and O–H groups in total. The van der Waals surface area contributed by atoms with Crippen molar-refractivity contribution < 1.29 is 4.42 Å². The second-order valence-corrected chi connectivity index (χ2v) is 16.0. The molecule has 2 aliphatic rings. The topological polar surface area (TPSA) is 16.4 Å². The number of fused-ring (bicyclic) bond motifs is 9. The zero-order valence-electron chi connectivity index (χ0n) is 31.8. The molecule has 57 heavy (non-hydrogen) atoms. The Kier molecular flexibility index (Phi) is 6.72. The van der Waals surface area contributed by atoms with Crippen LogP contribution in [-0.4, -0.2) is 0 Å². The van der Waals surface area contributed by atoms with E-state index < -0.39 is 0 Å². The van der Waals surface area contributed by atoms with E-state index in [1.165, 1.54) is 77.5 Å². The lowest BCUT2D eigenvalue weighted by Gasteiger charge is -2.32. The molecule has 0 atom stereocenters. The summed E-state index contributed by atoms with van der Waals surface area (Å²) in [6.07, 6.45) is 0. The van der Waals surface area contributed by atoms with E-state index in [2.05, 4.69) is 207 Å². The maximum absolute atomic E-state index is 6.60. The first-order valence-electron chi connectivity index (χ1n) is 19.9. The van der Waals surface area contributed by atoms with Gasteiger partial charge in [0.05, 0.1) is 16.8 Å². The highest BCUT2D eigenvalue weighted by atomic mass is 16.3. The molecule has 2 nitrogen and oxygen atoms in total. The number of hydrogen-bond acceptors (Lipinski definition) is 2. The van der Waals surface area contributed by atoms with Crippen LogP contribution < -0.4 is 4.90 Å². The molecule has 0 spiro atoms. The number of para-hydroxylation sites is 1. The van der Waals surface area contributed by atoms with Crippen LogP contribution in [0, 0.1) is 0 Å². The number of anilines is 3. The summed E-state index contributed by atoms with van der Waals surface area (Å²) in [4.78, 5) is 2.53. The molecule has 0 aliphatic heterocycles. The van der Waals surface area contributed by atoms with Crippen molar-refractivity contribution in [2.45, 2.75) is 19.3 Å². The molecule has 12 rings (SSSR count). The van der Waals surface area contributed by atoms with Gasteiger partial charge >= 0.3 is 0 Å². The van der Waals surface area contributed by atoms with Crippen LogP contribution >= 0.6 is 0 Å². The van der Waals surface area contributed by atoms with Gasteiger partial charge in [0, 0.05) is 27.6 Å². The van der Waals surface area contributed by atoms with Crippen molar-refractivity contribution in [1.82, 2.24) is 0 Å². The Hall–Kier alpha value is -7.16. The fourth-order valence-corrected chi connectivity index (χ4v) is 10.1. The quantitative estimate of drug-likeness (QED) is 0.175. The zero-order chi connectivity index (χ0) is 37.8. The summed E-state index contributed by atoms with van der Waals surface area (Å²) in [7, 11) is 0. The second kappa shape index (κ2) is 11.9. The molecule has 0 bridgehead atoms. The highest BCUT2D eigenvalue weighted by Gasteiger charge is 2.37. The SMILES string of the molecule is CC1(C)c2ccccc2-c2ccc(N(c3cc(-c4ccccc4)c4c(c3-c3ccccc3)-c3cccc5cccc-4c35)c3cccc4oc5ccccc5c34)cc21. The van der Waals surface area contributed by atoms with Crippen molar-refractivity contribution in [3.05, 3.63) is 199 Å². The van der Waals surface area contributed by atoms with E-state index in [4.69, 9.17) is 4.42 Å². The maximum atomic E-state index is 6.60. The van der Waals surface area contributed by atoms with Gasteiger partial charge in [-0.2, -0.15) is 0 Å². The van der Waals surface area contributed by atoms with Crippen LogP contribution in [0.25, 0.3) is 88.3 Å². The minimum Gasteiger partial charge on any atom is -0.456 e. The maximum Gasteiger partial charge on any atom is 0.137 e. The highest BCUT2D eigenvalue weighted by Crippen LogP contribution is 2.60. The summed E-state index contributed by atoms with van der Waals surface area (Å²) < 4.78 is 6.60. The van der Waals surface area contributed by atoms with E-state index >= 15 is 0 Å². The summed E-state index contributed by atoms with van der Waals surface area (Å²) in [5.41, 5.74) is 20.1. The fraction of sp³-hybridized carbons (Fsp3) is 0.0545. The summed E-state index contributed by atoms with van der Waals surface area (Å²) in [5, 5.41) is 4.77. The molecule has 0 unspecified atom stereocenters. The van der Waals surface area contributed by atoms with Gasteiger partial charge in [0.1, 0.15) is 11.2 Å². The molecule has 0 radical (unpaired) electrons. The number of rotatable bonds is 5. The lowest BCUT2D eigenvalue weighted by molar-refractivity contribution is 0.660. The van der Waals surface area contributed by atoms with Gasteiger partial charge in [-0.15, -0.1) is 0 Å². The molecule has 1 aromatic heterocycles. The summed E-state index contributed by atoms with van der Waals surface area (Å²) in [6.45, 7) is 4.73. The largest absolute Gasteiger partial charge is 0.456 e. The predicted octanol–water partition coefficient (Wildman–Crippen LogP) is 15.5. The van der Waals surface area contributed by atoms with Crippen molar-refractivity contribution >= 4 is 49.8 Å². The Morgan fingerprint density at radius 1 is 0.404 bits per heavy atom. The molecule has 0 fully saturated rings. The summed E-state index contributed by atoms with van der Waals surface area (Å²) in [6, 6.07) is 69.0. The Labute approximate surface area is 331 Å². The van der Waals surface area contributed by atoms with Crippen molar-refractivity contribution in [1.29, 1.82) is 0 Å². The zero-order valence-corrected chi connectivity index (χ0v) is 31.8. The Morgan fingerprint density at radius 2 is 1.04 bits per heavy atom. The average molecular weight is 728 g/mol. The van der Waals surface area contributed by atoms with E-state index in [1.54, 1.807) is 0 Å². The molecule has 0 amide bonds. The average Bonchev–Trinajstić information content (AvgIpc) is 3.88. The van der Waals surface area contributed by atoms with Gasteiger partial charge < -0.3 is 9.32 Å². The van der Waals surface area contributed by atoms with Gasteiger partial charge in [-0.05, 0) is 103 Å². The number of nitrogens with zero attached hydrogens (tertiary/aromatic N) is 1. The number of hydrogen-bond donors (Lipinski definition) is 0. The minimum atomic E-state index is -0.172. The van der Waals surface area contributed by atoms with Crippen LogP contribution in [0.2, 0.25) is 0 Å².